The normalized spacial score (nSPS) is 11.2. The molecule has 0 aliphatic heterocycles. The summed E-state index contributed by atoms with van der Waals surface area (Å²) < 4.78 is 5.43. The summed E-state index contributed by atoms with van der Waals surface area (Å²) in [5.41, 5.74) is 0. The van der Waals surface area contributed by atoms with Crippen molar-refractivity contribution in [3.05, 3.63) is 30.3 Å². The van der Waals surface area contributed by atoms with E-state index in [1.807, 2.05) is 30.3 Å². The maximum Gasteiger partial charge on any atom is 0.146 e. The molecule has 1 aromatic rings. The summed E-state index contributed by atoms with van der Waals surface area (Å²) in [7, 11) is 0.340. The molecule has 2 nitrogen and oxygen atoms in total. The molecule has 0 spiro atoms. The van der Waals surface area contributed by atoms with E-state index in [4.69, 9.17) is 4.52 Å². The van der Waals surface area contributed by atoms with Crippen molar-refractivity contribution in [3.63, 3.8) is 0 Å². The molecular weight excluding hydrogens is 169 g/mol. The number of hydrogen-bond acceptors (Lipinski definition) is 2. The third kappa shape index (κ3) is 3.70. The number of hydrogen-bond donors (Lipinski definition) is 1. The molecular formula is C9H14NOP. The maximum absolute atomic E-state index is 5.43. The number of rotatable bonds is 4. The van der Waals surface area contributed by atoms with Gasteiger partial charge >= 0.3 is 0 Å². The minimum atomic E-state index is 0.340. The van der Waals surface area contributed by atoms with Gasteiger partial charge in [-0.25, -0.2) is 0 Å². The van der Waals surface area contributed by atoms with Gasteiger partial charge in [0.15, 0.2) is 0 Å². The maximum atomic E-state index is 5.43. The Kier molecular flexibility index (Phi) is 4.06. The monoisotopic (exact) mass is 183 g/mol. The summed E-state index contributed by atoms with van der Waals surface area (Å²) in [6, 6.07) is 10.3. The van der Waals surface area contributed by atoms with Crippen molar-refractivity contribution in [1.82, 2.24) is 5.09 Å². The van der Waals surface area contributed by atoms with Crippen LogP contribution in [-0.2, 0) is 0 Å². The van der Waals surface area contributed by atoms with Gasteiger partial charge in [0.25, 0.3) is 0 Å². The molecule has 0 aliphatic rings. The summed E-state index contributed by atoms with van der Waals surface area (Å²) in [5, 5.41) is 3.20. The molecule has 1 N–H and O–H groups in total. The SMILES string of the molecule is CC(C)NPOc1ccccc1. The van der Waals surface area contributed by atoms with Crippen LogP contribution < -0.4 is 9.61 Å². The zero-order valence-electron chi connectivity index (χ0n) is 7.37. The van der Waals surface area contributed by atoms with Gasteiger partial charge in [-0.2, -0.15) is 0 Å². The highest BCUT2D eigenvalue weighted by molar-refractivity contribution is 7.30. The second-order valence-electron chi connectivity index (χ2n) is 2.82. The van der Waals surface area contributed by atoms with Crippen LogP contribution in [0.25, 0.3) is 0 Å². The van der Waals surface area contributed by atoms with E-state index in [0.717, 1.165) is 5.75 Å². The highest BCUT2D eigenvalue weighted by Gasteiger charge is 1.92. The lowest BCUT2D eigenvalue weighted by atomic mass is 10.3. The summed E-state index contributed by atoms with van der Waals surface area (Å²) in [6.07, 6.45) is 0. The lowest BCUT2D eigenvalue weighted by Gasteiger charge is -2.08. The Morgan fingerprint density at radius 1 is 1.25 bits per heavy atom. The zero-order valence-corrected chi connectivity index (χ0v) is 8.37. The van der Waals surface area contributed by atoms with Gasteiger partial charge in [-0.05, 0) is 26.0 Å². The molecule has 1 rings (SSSR count). The molecule has 0 aliphatic carbocycles. The highest BCUT2D eigenvalue weighted by Crippen LogP contribution is 2.17. The summed E-state index contributed by atoms with van der Waals surface area (Å²) in [6.45, 7) is 4.20. The second kappa shape index (κ2) is 5.13. The standard InChI is InChI=1S/C9H14NOP/c1-8(2)10-12-11-9-6-4-3-5-7-9/h3-8,10,12H,1-2H3. The molecule has 0 fully saturated rings. The van der Waals surface area contributed by atoms with Crippen molar-refractivity contribution >= 4 is 8.96 Å². The Hall–Kier alpha value is -0.590. The van der Waals surface area contributed by atoms with Crippen LogP contribution in [0.5, 0.6) is 5.75 Å². The second-order valence-corrected chi connectivity index (χ2v) is 3.51. The van der Waals surface area contributed by atoms with E-state index >= 15 is 0 Å². The van der Waals surface area contributed by atoms with Crippen LogP contribution in [0, 0.1) is 0 Å². The lowest BCUT2D eigenvalue weighted by molar-refractivity contribution is 0.603. The quantitative estimate of drug-likeness (QED) is 0.724. The Morgan fingerprint density at radius 2 is 1.92 bits per heavy atom. The van der Waals surface area contributed by atoms with Crippen molar-refractivity contribution in [2.24, 2.45) is 0 Å². The third-order valence-corrected chi connectivity index (χ3v) is 2.29. The first-order valence-electron chi connectivity index (χ1n) is 4.01. The Bertz CT molecular complexity index is 213. The van der Waals surface area contributed by atoms with Gasteiger partial charge in [0.2, 0.25) is 0 Å². The van der Waals surface area contributed by atoms with Crippen LogP contribution in [0.3, 0.4) is 0 Å². The fourth-order valence-electron chi connectivity index (χ4n) is 0.695. The van der Waals surface area contributed by atoms with Crippen LogP contribution in [0.2, 0.25) is 0 Å². The van der Waals surface area contributed by atoms with Crippen molar-refractivity contribution < 1.29 is 4.52 Å². The van der Waals surface area contributed by atoms with Crippen molar-refractivity contribution in [2.45, 2.75) is 19.9 Å². The average molecular weight is 183 g/mol. The highest BCUT2D eigenvalue weighted by atomic mass is 31.1. The summed E-state index contributed by atoms with van der Waals surface area (Å²) >= 11 is 0. The minimum absolute atomic E-state index is 0.340. The van der Waals surface area contributed by atoms with Gasteiger partial charge in [-0.1, -0.05) is 18.2 Å². The lowest BCUT2D eigenvalue weighted by Crippen LogP contribution is -2.13. The fraction of sp³-hybridized carbons (Fsp3) is 0.333. The molecule has 1 aromatic carbocycles. The first-order chi connectivity index (χ1) is 5.79. The molecule has 1 atom stereocenters. The van der Waals surface area contributed by atoms with Crippen molar-refractivity contribution in [1.29, 1.82) is 0 Å². The Morgan fingerprint density at radius 3 is 2.50 bits per heavy atom. The van der Waals surface area contributed by atoms with Crippen molar-refractivity contribution in [3.8, 4) is 5.75 Å². The smallest absolute Gasteiger partial charge is 0.146 e. The van der Waals surface area contributed by atoms with Crippen LogP contribution in [0.4, 0.5) is 0 Å². The predicted octanol–water partition coefficient (Wildman–Crippen LogP) is 2.57. The van der Waals surface area contributed by atoms with Gasteiger partial charge in [0, 0.05) is 6.04 Å². The molecule has 0 aromatic heterocycles. The molecule has 0 saturated heterocycles. The van der Waals surface area contributed by atoms with Crippen LogP contribution in [0.1, 0.15) is 13.8 Å². The van der Waals surface area contributed by atoms with Gasteiger partial charge in [-0.3, -0.25) is 5.09 Å². The molecule has 0 heterocycles. The van der Waals surface area contributed by atoms with E-state index in [1.165, 1.54) is 0 Å². The number of nitrogens with one attached hydrogen (secondary N) is 1. The van der Waals surface area contributed by atoms with E-state index in [0.29, 0.717) is 15.0 Å². The van der Waals surface area contributed by atoms with Crippen molar-refractivity contribution in [2.75, 3.05) is 0 Å². The molecule has 12 heavy (non-hydrogen) atoms. The third-order valence-electron chi connectivity index (χ3n) is 1.26. The van der Waals surface area contributed by atoms with E-state index < -0.39 is 0 Å². The number of benzene rings is 1. The first kappa shape index (κ1) is 9.50. The average Bonchev–Trinajstić information content (AvgIpc) is 2.05. The molecule has 1 unspecified atom stereocenters. The largest absolute Gasteiger partial charge is 0.461 e. The van der Waals surface area contributed by atoms with Crippen LogP contribution >= 0.6 is 8.96 Å². The topological polar surface area (TPSA) is 21.3 Å². The van der Waals surface area contributed by atoms with E-state index in [9.17, 15) is 0 Å². The molecule has 0 radical (unpaired) electrons. The van der Waals surface area contributed by atoms with E-state index in [2.05, 4.69) is 18.9 Å². The van der Waals surface area contributed by atoms with E-state index in [-0.39, 0.29) is 0 Å². The zero-order chi connectivity index (χ0) is 8.81. The van der Waals surface area contributed by atoms with Gasteiger partial charge in [0.05, 0.1) is 0 Å². The number of para-hydroxylation sites is 1. The van der Waals surface area contributed by atoms with Crippen LogP contribution in [-0.4, -0.2) is 6.04 Å². The molecule has 0 saturated carbocycles. The van der Waals surface area contributed by atoms with Gasteiger partial charge < -0.3 is 4.52 Å². The van der Waals surface area contributed by atoms with Gasteiger partial charge in [-0.15, -0.1) is 0 Å². The molecule has 0 bridgehead atoms. The predicted molar refractivity (Wildman–Crippen MR) is 53.7 cm³/mol. The minimum Gasteiger partial charge on any atom is -0.461 e. The molecule has 0 amide bonds. The fourth-order valence-corrected chi connectivity index (χ4v) is 1.24. The van der Waals surface area contributed by atoms with Gasteiger partial charge in [0.1, 0.15) is 14.7 Å². The molecule has 66 valence electrons. The first-order valence-corrected chi connectivity index (χ1v) is 4.92. The van der Waals surface area contributed by atoms with Crippen LogP contribution in [0.15, 0.2) is 30.3 Å². The molecule has 3 heteroatoms. The Balaban J connectivity index is 2.25. The summed E-state index contributed by atoms with van der Waals surface area (Å²) in [4.78, 5) is 0. The Labute approximate surface area is 75.2 Å². The summed E-state index contributed by atoms with van der Waals surface area (Å²) in [5.74, 6) is 0.920. The van der Waals surface area contributed by atoms with E-state index in [1.54, 1.807) is 0 Å².